The number of halogens is 4. The summed E-state index contributed by atoms with van der Waals surface area (Å²) in [4.78, 5) is 13.6. The molecule has 0 unspecified atom stereocenters. The minimum Gasteiger partial charge on any atom is -0.490 e. The molecule has 1 fully saturated rings. The molecule has 1 aliphatic heterocycles. The lowest BCUT2D eigenvalue weighted by Crippen LogP contribution is -2.44. The van der Waals surface area contributed by atoms with Gasteiger partial charge in [-0.25, -0.2) is 4.79 Å². The zero-order valence-corrected chi connectivity index (χ0v) is 15.9. The van der Waals surface area contributed by atoms with E-state index in [-0.39, 0.29) is 16.7 Å². The number of carbonyl (C=O) groups excluding carboxylic acids is 1. The van der Waals surface area contributed by atoms with Gasteiger partial charge in [0.25, 0.3) is 0 Å². The van der Waals surface area contributed by atoms with Crippen molar-refractivity contribution in [1.29, 1.82) is 0 Å². The Bertz CT molecular complexity index is 621. The van der Waals surface area contributed by atoms with Gasteiger partial charge in [0.15, 0.2) is 0 Å². The summed E-state index contributed by atoms with van der Waals surface area (Å²) in [6, 6.07) is 3.63. The minimum atomic E-state index is -4.41. The predicted octanol–water partition coefficient (Wildman–Crippen LogP) is 5.25. The van der Waals surface area contributed by atoms with Crippen LogP contribution in [0.4, 0.5) is 18.0 Å². The molecular weight excluding hydrogens is 403 g/mol. The van der Waals surface area contributed by atoms with Crippen LogP contribution in [0.15, 0.2) is 22.7 Å². The molecule has 0 aromatic heterocycles. The second-order valence-electron chi connectivity index (χ2n) is 6.92. The highest BCUT2D eigenvalue weighted by Crippen LogP contribution is 2.37. The van der Waals surface area contributed by atoms with Crippen molar-refractivity contribution >= 4 is 22.0 Å². The Labute approximate surface area is 153 Å². The SMILES string of the molecule is CC(C)(C)OC(=O)N1CCC(Oc2ccc(C(F)(F)F)c(Br)c2)CC1. The molecule has 0 saturated carbocycles. The lowest BCUT2D eigenvalue weighted by Gasteiger charge is -2.33. The fourth-order valence-corrected chi connectivity index (χ4v) is 3.06. The lowest BCUT2D eigenvalue weighted by atomic mass is 10.1. The van der Waals surface area contributed by atoms with Crippen LogP contribution in [0.2, 0.25) is 0 Å². The van der Waals surface area contributed by atoms with Gasteiger partial charge in [0.1, 0.15) is 17.5 Å². The topological polar surface area (TPSA) is 38.8 Å². The van der Waals surface area contributed by atoms with Crippen LogP contribution < -0.4 is 4.74 Å². The van der Waals surface area contributed by atoms with Crippen molar-refractivity contribution in [3.63, 3.8) is 0 Å². The van der Waals surface area contributed by atoms with Crippen molar-refractivity contribution in [2.45, 2.75) is 51.5 Å². The molecule has 1 saturated heterocycles. The number of piperidine rings is 1. The summed E-state index contributed by atoms with van der Waals surface area (Å²) in [7, 11) is 0. The van der Waals surface area contributed by atoms with E-state index in [0.717, 1.165) is 6.07 Å². The van der Waals surface area contributed by atoms with Crippen LogP contribution in [0.25, 0.3) is 0 Å². The molecule has 0 bridgehead atoms. The van der Waals surface area contributed by atoms with E-state index < -0.39 is 17.3 Å². The van der Waals surface area contributed by atoms with E-state index in [2.05, 4.69) is 15.9 Å². The summed E-state index contributed by atoms with van der Waals surface area (Å²) in [5.74, 6) is 0.371. The number of ether oxygens (including phenoxy) is 2. The highest BCUT2D eigenvalue weighted by Gasteiger charge is 2.33. The Morgan fingerprint density at radius 1 is 1.20 bits per heavy atom. The normalized spacial score (nSPS) is 16.7. The summed E-state index contributed by atoms with van der Waals surface area (Å²) in [6.07, 6.45) is -3.73. The van der Waals surface area contributed by atoms with E-state index in [4.69, 9.17) is 9.47 Å². The summed E-state index contributed by atoms with van der Waals surface area (Å²) >= 11 is 2.93. The van der Waals surface area contributed by atoms with Gasteiger partial charge in [-0.05, 0) is 39.0 Å². The zero-order chi connectivity index (χ0) is 18.8. The molecule has 1 aromatic carbocycles. The van der Waals surface area contributed by atoms with E-state index in [1.807, 2.05) is 20.8 Å². The standard InChI is InChI=1S/C17H21BrF3NO3/c1-16(2,3)25-15(23)22-8-6-11(7-9-22)24-12-4-5-13(14(18)10-12)17(19,20)21/h4-5,10-11H,6-9H2,1-3H3. The number of carbonyl (C=O) groups is 1. The van der Waals surface area contributed by atoms with E-state index >= 15 is 0 Å². The molecule has 0 N–H and O–H groups in total. The van der Waals surface area contributed by atoms with E-state index in [9.17, 15) is 18.0 Å². The van der Waals surface area contributed by atoms with Crippen molar-refractivity contribution in [1.82, 2.24) is 4.90 Å². The molecule has 8 heteroatoms. The molecule has 140 valence electrons. The van der Waals surface area contributed by atoms with Gasteiger partial charge >= 0.3 is 12.3 Å². The second kappa shape index (κ2) is 7.43. The van der Waals surface area contributed by atoms with Crippen LogP contribution in [0.5, 0.6) is 5.75 Å². The summed E-state index contributed by atoms with van der Waals surface area (Å²) in [5.41, 5.74) is -1.28. The first-order valence-electron chi connectivity index (χ1n) is 7.97. The van der Waals surface area contributed by atoms with Crippen molar-refractivity contribution in [2.24, 2.45) is 0 Å². The molecule has 25 heavy (non-hydrogen) atoms. The van der Waals surface area contributed by atoms with E-state index in [1.165, 1.54) is 12.1 Å². The second-order valence-corrected chi connectivity index (χ2v) is 7.78. The average Bonchev–Trinajstić information content (AvgIpc) is 2.44. The first-order chi connectivity index (χ1) is 11.5. The average molecular weight is 424 g/mol. The van der Waals surface area contributed by atoms with Gasteiger partial charge in [-0.15, -0.1) is 0 Å². The van der Waals surface area contributed by atoms with Gasteiger partial charge in [0, 0.05) is 30.4 Å². The van der Waals surface area contributed by atoms with Crippen LogP contribution in [0, 0.1) is 0 Å². The summed E-state index contributed by atoms with van der Waals surface area (Å²) < 4.78 is 49.3. The molecule has 0 aliphatic carbocycles. The first-order valence-corrected chi connectivity index (χ1v) is 8.76. The number of rotatable bonds is 2. The van der Waals surface area contributed by atoms with E-state index in [1.54, 1.807) is 4.90 Å². The van der Waals surface area contributed by atoms with Gasteiger partial charge in [-0.3, -0.25) is 0 Å². The zero-order valence-electron chi connectivity index (χ0n) is 14.3. The molecule has 0 radical (unpaired) electrons. The van der Waals surface area contributed by atoms with Crippen molar-refractivity contribution in [3.05, 3.63) is 28.2 Å². The molecule has 1 amide bonds. The van der Waals surface area contributed by atoms with E-state index in [0.29, 0.717) is 31.7 Å². The number of hydrogen-bond acceptors (Lipinski definition) is 3. The third-order valence-corrected chi connectivity index (χ3v) is 4.30. The number of nitrogens with zero attached hydrogens (tertiary/aromatic N) is 1. The van der Waals surface area contributed by atoms with Crippen LogP contribution in [-0.2, 0) is 10.9 Å². The number of hydrogen-bond donors (Lipinski definition) is 0. The fourth-order valence-electron chi connectivity index (χ4n) is 2.47. The number of benzene rings is 1. The largest absolute Gasteiger partial charge is 0.490 e. The van der Waals surface area contributed by atoms with Crippen molar-refractivity contribution in [3.8, 4) is 5.75 Å². The highest BCUT2D eigenvalue weighted by molar-refractivity contribution is 9.10. The Morgan fingerprint density at radius 3 is 2.28 bits per heavy atom. The van der Waals surface area contributed by atoms with Crippen molar-refractivity contribution in [2.75, 3.05) is 13.1 Å². The monoisotopic (exact) mass is 423 g/mol. The van der Waals surface area contributed by atoms with Crippen LogP contribution in [-0.4, -0.2) is 35.8 Å². The lowest BCUT2D eigenvalue weighted by molar-refractivity contribution is -0.138. The molecule has 0 atom stereocenters. The molecule has 2 rings (SSSR count). The van der Waals surface area contributed by atoms with Crippen LogP contribution >= 0.6 is 15.9 Å². The van der Waals surface area contributed by atoms with Crippen molar-refractivity contribution < 1.29 is 27.4 Å². The van der Waals surface area contributed by atoms with Crippen LogP contribution in [0.1, 0.15) is 39.2 Å². The first kappa shape index (κ1) is 19.9. The van der Waals surface area contributed by atoms with Gasteiger partial charge in [0.05, 0.1) is 5.56 Å². The molecule has 1 heterocycles. The third-order valence-electron chi connectivity index (χ3n) is 3.64. The Hall–Kier alpha value is -1.44. The highest BCUT2D eigenvalue weighted by atomic mass is 79.9. The van der Waals surface area contributed by atoms with Gasteiger partial charge < -0.3 is 14.4 Å². The summed E-state index contributed by atoms with van der Waals surface area (Å²) in [5, 5.41) is 0. The fraction of sp³-hybridized carbons (Fsp3) is 0.588. The third kappa shape index (κ3) is 5.80. The maximum absolute atomic E-state index is 12.8. The molecule has 0 spiro atoms. The smallest absolute Gasteiger partial charge is 0.417 e. The molecule has 1 aromatic rings. The van der Waals surface area contributed by atoms with Gasteiger partial charge in [0.2, 0.25) is 0 Å². The molecular formula is C17H21BrF3NO3. The van der Waals surface area contributed by atoms with Gasteiger partial charge in [-0.2, -0.15) is 13.2 Å². The quantitative estimate of drug-likeness (QED) is 0.652. The Morgan fingerprint density at radius 2 is 1.80 bits per heavy atom. The number of amides is 1. The number of likely N-dealkylation sites (tertiary alicyclic amines) is 1. The van der Waals surface area contributed by atoms with Gasteiger partial charge in [-0.1, -0.05) is 15.9 Å². The molecule has 4 nitrogen and oxygen atoms in total. The Kier molecular flexibility index (Phi) is 5.91. The minimum absolute atomic E-state index is 0.0521. The maximum atomic E-state index is 12.8. The number of alkyl halides is 3. The maximum Gasteiger partial charge on any atom is 0.417 e. The summed E-state index contributed by atoms with van der Waals surface area (Å²) in [6.45, 7) is 6.40. The predicted molar refractivity (Wildman–Crippen MR) is 90.6 cm³/mol. The Balaban J connectivity index is 1.90. The molecule has 1 aliphatic rings. The van der Waals surface area contributed by atoms with Crippen LogP contribution in [0.3, 0.4) is 0 Å².